The molecule has 0 saturated carbocycles. The maximum Gasteiger partial charge on any atom is 0.252 e. The first kappa shape index (κ1) is 20.8. The molecule has 0 aliphatic carbocycles. The van der Waals surface area contributed by atoms with Gasteiger partial charge in [-0.15, -0.1) is 0 Å². The van der Waals surface area contributed by atoms with E-state index < -0.39 is 10.0 Å². The van der Waals surface area contributed by atoms with Crippen LogP contribution in [-0.4, -0.2) is 44.9 Å². The molecule has 1 aliphatic rings. The van der Waals surface area contributed by atoms with Crippen molar-refractivity contribution < 1.29 is 17.9 Å². The van der Waals surface area contributed by atoms with Crippen LogP contribution in [0.3, 0.4) is 0 Å². The van der Waals surface area contributed by atoms with E-state index in [2.05, 4.69) is 21.2 Å². The van der Waals surface area contributed by atoms with Gasteiger partial charge in [0, 0.05) is 17.6 Å². The minimum Gasteiger partial charge on any atom is -0.492 e. The number of sulfonamides is 1. The summed E-state index contributed by atoms with van der Waals surface area (Å²) in [5, 5.41) is 2.77. The Morgan fingerprint density at radius 3 is 2.50 bits per heavy atom. The lowest BCUT2D eigenvalue weighted by Gasteiger charge is -2.16. The highest BCUT2D eigenvalue weighted by atomic mass is 79.9. The van der Waals surface area contributed by atoms with Gasteiger partial charge in [-0.25, -0.2) is 8.42 Å². The number of hydrogen-bond donors (Lipinski definition) is 1. The number of benzene rings is 2. The third-order valence-corrected chi connectivity index (χ3v) is 7.15. The van der Waals surface area contributed by atoms with Gasteiger partial charge in [-0.1, -0.05) is 17.7 Å². The SMILES string of the molecule is Cc1ccc(OCCNC(=O)c2cc(S(=O)(=O)N3CCCC3)ccc2Br)cc1. The lowest BCUT2D eigenvalue weighted by Crippen LogP contribution is -2.30. The zero-order valence-corrected chi connectivity index (χ0v) is 18.1. The van der Waals surface area contributed by atoms with Crippen LogP contribution in [0.15, 0.2) is 51.8 Å². The van der Waals surface area contributed by atoms with Crippen molar-refractivity contribution in [3.8, 4) is 5.75 Å². The Morgan fingerprint density at radius 2 is 1.82 bits per heavy atom. The number of amides is 1. The highest BCUT2D eigenvalue weighted by molar-refractivity contribution is 9.10. The molecule has 6 nitrogen and oxygen atoms in total. The van der Waals surface area contributed by atoms with Crippen LogP contribution in [-0.2, 0) is 10.0 Å². The van der Waals surface area contributed by atoms with E-state index >= 15 is 0 Å². The van der Waals surface area contributed by atoms with Crippen LogP contribution in [0.25, 0.3) is 0 Å². The van der Waals surface area contributed by atoms with E-state index in [0.29, 0.717) is 30.7 Å². The van der Waals surface area contributed by atoms with Gasteiger partial charge in [0.05, 0.1) is 17.0 Å². The summed E-state index contributed by atoms with van der Waals surface area (Å²) in [6.07, 6.45) is 1.73. The standard InChI is InChI=1S/C20H23BrN2O4S/c1-15-4-6-16(7-5-15)27-13-10-22-20(24)18-14-17(8-9-19(18)21)28(25,26)23-11-2-3-12-23/h4-9,14H,2-3,10-13H2,1H3,(H,22,24). The molecule has 1 amide bonds. The summed E-state index contributed by atoms with van der Waals surface area (Å²) in [4.78, 5) is 12.7. The first-order valence-corrected chi connectivity index (χ1v) is 11.4. The predicted octanol–water partition coefficient (Wildman–Crippen LogP) is 3.35. The lowest BCUT2D eigenvalue weighted by molar-refractivity contribution is 0.0946. The average Bonchev–Trinajstić information content (AvgIpc) is 3.22. The van der Waals surface area contributed by atoms with Crippen molar-refractivity contribution in [3.63, 3.8) is 0 Å². The molecule has 28 heavy (non-hydrogen) atoms. The van der Waals surface area contributed by atoms with Crippen molar-refractivity contribution in [2.45, 2.75) is 24.7 Å². The lowest BCUT2D eigenvalue weighted by atomic mass is 10.2. The van der Waals surface area contributed by atoms with Crippen molar-refractivity contribution in [2.24, 2.45) is 0 Å². The smallest absolute Gasteiger partial charge is 0.252 e. The number of nitrogens with one attached hydrogen (secondary N) is 1. The van der Waals surface area contributed by atoms with Crippen molar-refractivity contribution in [1.29, 1.82) is 0 Å². The summed E-state index contributed by atoms with van der Waals surface area (Å²) < 4.78 is 33.0. The third-order valence-electron chi connectivity index (χ3n) is 4.56. The summed E-state index contributed by atoms with van der Waals surface area (Å²) in [7, 11) is -3.57. The molecule has 150 valence electrons. The van der Waals surface area contributed by atoms with E-state index in [9.17, 15) is 13.2 Å². The Kier molecular flexibility index (Phi) is 6.74. The van der Waals surface area contributed by atoms with Crippen LogP contribution >= 0.6 is 15.9 Å². The van der Waals surface area contributed by atoms with E-state index in [-0.39, 0.29) is 16.4 Å². The quantitative estimate of drug-likeness (QED) is 0.634. The first-order chi connectivity index (χ1) is 13.4. The molecule has 3 rings (SSSR count). The highest BCUT2D eigenvalue weighted by Crippen LogP contribution is 2.25. The first-order valence-electron chi connectivity index (χ1n) is 9.15. The van der Waals surface area contributed by atoms with Gasteiger partial charge in [0.2, 0.25) is 10.0 Å². The normalized spacial score (nSPS) is 14.8. The molecular formula is C20H23BrN2O4S. The van der Waals surface area contributed by atoms with Gasteiger partial charge in [-0.05, 0) is 66.0 Å². The van der Waals surface area contributed by atoms with Crippen LogP contribution in [0.1, 0.15) is 28.8 Å². The number of aryl methyl sites for hydroxylation is 1. The van der Waals surface area contributed by atoms with E-state index in [1.165, 1.54) is 16.4 Å². The predicted molar refractivity (Wildman–Crippen MR) is 111 cm³/mol. The molecule has 8 heteroatoms. The monoisotopic (exact) mass is 466 g/mol. The van der Waals surface area contributed by atoms with E-state index in [1.807, 2.05) is 31.2 Å². The summed E-state index contributed by atoms with van der Waals surface area (Å²) in [5.41, 5.74) is 1.44. The Balaban J connectivity index is 1.62. The molecule has 1 saturated heterocycles. The second kappa shape index (κ2) is 9.07. The number of ether oxygens (including phenoxy) is 1. The zero-order chi connectivity index (χ0) is 20.1. The molecule has 1 N–H and O–H groups in total. The van der Waals surface area contributed by atoms with Crippen molar-refractivity contribution in [3.05, 3.63) is 58.1 Å². The van der Waals surface area contributed by atoms with Crippen LogP contribution in [0, 0.1) is 6.92 Å². The van der Waals surface area contributed by atoms with Crippen molar-refractivity contribution in [1.82, 2.24) is 9.62 Å². The fourth-order valence-electron chi connectivity index (χ4n) is 2.98. The molecule has 0 bridgehead atoms. The average molecular weight is 467 g/mol. The summed E-state index contributed by atoms with van der Waals surface area (Å²) >= 11 is 3.33. The van der Waals surface area contributed by atoms with Crippen LogP contribution in [0.2, 0.25) is 0 Å². The van der Waals surface area contributed by atoms with E-state index in [0.717, 1.165) is 24.2 Å². The molecule has 1 heterocycles. The minimum atomic E-state index is -3.57. The Hall–Kier alpha value is -1.90. The van der Waals surface area contributed by atoms with Gasteiger partial charge in [-0.2, -0.15) is 4.31 Å². The number of nitrogens with zero attached hydrogens (tertiary/aromatic N) is 1. The summed E-state index contributed by atoms with van der Waals surface area (Å²) in [6, 6.07) is 12.2. The van der Waals surface area contributed by atoms with Crippen LogP contribution < -0.4 is 10.1 Å². The van der Waals surface area contributed by atoms with Gasteiger partial charge in [0.15, 0.2) is 0 Å². The largest absolute Gasteiger partial charge is 0.492 e. The Bertz CT molecular complexity index is 939. The topological polar surface area (TPSA) is 75.7 Å². The van der Waals surface area contributed by atoms with Gasteiger partial charge < -0.3 is 10.1 Å². The van der Waals surface area contributed by atoms with Gasteiger partial charge in [0.25, 0.3) is 5.91 Å². The highest BCUT2D eigenvalue weighted by Gasteiger charge is 2.28. The van der Waals surface area contributed by atoms with E-state index in [1.54, 1.807) is 6.07 Å². The maximum absolute atomic E-state index is 12.7. The molecule has 2 aromatic rings. The molecule has 0 aromatic heterocycles. The maximum atomic E-state index is 12.7. The molecule has 1 fully saturated rings. The Labute approximate surface area is 174 Å². The Morgan fingerprint density at radius 1 is 1.14 bits per heavy atom. The molecule has 0 spiro atoms. The van der Waals surface area contributed by atoms with Gasteiger partial charge in [0.1, 0.15) is 12.4 Å². The number of rotatable bonds is 7. The summed E-state index contributed by atoms with van der Waals surface area (Å²) in [6.45, 7) is 3.67. The zero-order valence-electron chi connectivity index (χ0n) is 15.7. The molecular weight excluding hydrogens is 444 g/mol. The molecule has 0 unspecified atom stereocenters. The van der Waals surface area contributed by atoms with Crippen LogP contribution in [0.4, 0.5) is 0 Å². The second-order valence-corrected chi connectivity index (χ2v) is 9.46. The fraction of sp³-hybridized carbons (Fsp3) is 0.350. The number of halogens is 1. The van der Waals surface area contributed by atoms with Crippen LogP contribution in [0.5, 0.6) is 5.75 Å². The van der Waals surface area contributed by atoms with Gasteiger partial charge in [-0.3, -0.25) is 4.79 Å². The second-order valence-electron chi connectivity index (χ2n) is 6.67. The number of carbonyl (C=O) groups excluding carboxylic acids is 1. The minimum absolute atomic E-state index is 0.138. The van der Waals surface area contributed by atoms with Crippen molar-refractivity contribution in [2.75, 3.05) is 26.2 Å². The van der Waals surface area contributed by atoms with E-state index in [4.69, 9.17) is 4.74 Å². The number of hydrogen-bond acceptors (Lipinski definition) is 4. The summed E-state index contributed by atoms with van der Waals surface area (Å²) in [5.74, 6) is 0.387. The van der Waals surface area contributed by atoms with Gasteiger partial charge >= 0.3 is 0 Å². The molecule has 0 atom stereocenters. The van der Waals surface area contributed by atoms with Crippen molar-refractivity contribution >= 4 is 31.9 Å². The molecule has 2 aromatic carbocycles. The third kappa shape index (κ3) is 4.92. The molecule has 0 radical (unpaired) electrons. The number of carbonyl (C=O) groups is 1. The fourth-order valence-corrected chi connectivity index (χ4v) is 4.95. The molecule has 1 aliphatic heterocycles.